The zero-order chi connectivity index (χ0) is 16.5. The summed E-state index contributed by atoms with van der Waals surface area (Å²) in [4.78, 5) is 11.1. The van der Waals surface area contributed by atoms with Crippen molar-refractivity contribution in [2.24, 2.45) is 0 Å². The number of carbonyl (C=O) groups excluding carboxylic acids is 1. The largest absolute Gasteiger partial charge is 0.322 e. The minimum absolute atomic E-state index is 0.0184. The molecule has 116 valence electrons. The van der Waals surface area contributed by atoms with Crippen molar-refractivity contribution in [1.82, 2.24) is 0 Å². The number of anilines is 1. The highest BCUT2D eigenvalue weighted by molar-refractivity contribution is 7.85. The number of benzene rings is 2. The first kappa shape index (κ1) is 16.7. The fourth-order valence-electron chi connectivity index (χ4n) is 1.67. The van der Waals surface area contributed by atoms with Crippen LogP contribution in [0.5, 0.6) is 0 Å². The first-order chi connectivity index (χ1) is 10.2. The van der Waals surface area contributed by atoms with E-state index in [2.05, 4.69) is 5.32 Å². The van der Waals surface area contributed by atoms with Crippen molar-refractivity contribution in [2.45, 2.75) is 4.90 Å². The average molecular weight is 364 g/mol. The van der Waals surface area contributed by atoms with E-state index in [-0.39, 0.29) is 21.3 Å². The molecule has 0 spiro atoms. The summed E-state index contributed by atoms with van der Waals surface area (Å²) in [6.07, 6.45) is 0. The molecule has 0 saturated heterocycles. The maximum Gasteiger partial charge on any atom is 0.297 e. The fourth-order valence-corrected chi connectivity index (χ4v) is 2.78. The molecule has 0 fully saturated rings. The third-order valence-corrected chi connectivity index (χ3v) is 3.90. The topological polar surface area (TPSA) is 83.5 Å². The van der Waals surface area contributed by atoms with E-state index in [0.717, 1.165) is 18.2 Å². The second kappa shape index (κ2) is 6.21. The van der Waals surface area contributed by atoms with Gasteiger partial charge in [0.1, 0.15) is 10.7 Å². The highest BCUT2D eigenvalue weighted by Crippen LogP contribution is 2.22. The fraction of sp³-hybridized carbons (Fsp3) is 0. The Labute approximate surface area is 135 Å². The second-order valence-corrected chi connectivity index (χ2v) is 6.50. The van der Waals surface area contributed by atoms with E-state index in [1.807, 2.05) is 0 Å². The number of halogens is 3. The van der Waals surface area contributed by atoms with E-state index in [1.165, 1.54) is 18.2 Å². The van der Waals surface area contributed by atoms with Crippen molar-refractivity contribution >= 4 is 44.9 Å². The molecule has 0 atom stereocenters. The monoisotopic (exact) mass is 363 g/mol. The summed E-state index contributed by atoms with van der Waals surface area (Å²) in [6, 6.07) is 6.91. The quantitative estimate of drug-likeness (QED) is 0.815. The third kappa shape index (κ3) is 3.95. The van der Waals surface area contributed by atoms with Crippen LogP contribution in [0.25, 0.3) is 0 Å². The SMILES string of the molecule is O=C(Nc1ccc(F)c(S(=O)(=O)O)c1)c1cc(Cl)cc(Cl)c1. The molecule has 1 amide bonds. The van der Waals surface area contributed by atoms with E-state index in [4.69, 9.17) is 27.8 Å². The lowest BCUT2D eigenvalue weighted by molar-refractivity contribution is 0.102. The summed E-state index contributed by atoms with van der Waals surface area (Å²) in [5.41, 5.74) is 0.116. The van der Waals surface area contributed by atoms with Gasteiger partial charge in [-0.25, -0.2) is 4.39 Å². The molecule has 2 aromatic carbocycles. The Balaban J connectivity index is 2.33. The minimum Gasteiger partial charge on any atom is -0.322 e. The molecule has 2 rings (SSSR count). The summed E-state index contributed by atoms with van der Waals surface area (Å²) in [7, 11) is -4.74. The molecule has 2 N–H and O–H groups in total. The van der Waals surface area contributed by atoms with Crippen LogP contribution < -0.4 is 5.32 Å². The van der Waals surface area contributed by atoms with Gasteiger partial charge in [-0.15, -0.1) is 0 Å². The van der Waals surface area contributed by atoms with Crippen molar-refractivity contribution in [3.63, 3.8) is 0 Å². The molecule has 9 heteroatoms. The van der Waals surface area contributed by atoms with Crippen LogP contribution in [0.2, 0.25) is 10.0 Å². The number of hydrogen-bond donors (Lipinski definition) is 2. The molecule has 0 saturated carbocycles. The highest BCUT2D eigenvalue weighted by atomic mass is 35.5. The molecular formula is C13H8Cl2FNO4S. The maximum absolute atomic E-state index is 13.3. The Morgan fingerprint density at radius 1 is 1.09 bits per heavy atom. The Morgan fingerprint density at radius 3 is 2.23 bits per heavy atom. The molecule has 0 aliphatic carbocycles. The molecule has 0 radical (unpaired) electrons. The van der Waals surface area contributed by atoms with Crippen LogP contribution in [0.15, 0.2) is 41.3 Å². The number of rotatable bonds is 3. The molecule has 0 aliphatic heterocycles. The summed E-state index contributed by atoms with van der Waals surface area (Å²) >= 11 is 11.6. The van der Waals surface area contributed by atoms with Crippen molar-refractivity contribution in [2.75, 3.05) is 5.32 Å². The van der Waals surface area contributed by atoms with Crippen molar-refractivity contribution < 1.29 is 22.2 Å². The van der Waals surface area contributed by atoms with Gasteiger partial charge in [0.15, 0.2) is 0 Å². The Morgan fingerprint density at radius 2 is 1.68 bits per heavy atom. The van der Waals surface area contributed by atoms with Gasteiger partial charge in [0, 0.05) is 21.3 Å². The summed E-state index contributed by atoms with van der Waals surface area (Å²) in [5.74, 6) is -1.76. The standard InChI is InChI=1S/C13H8Cl2FNO4S/c14-8-3-7(4-9(15)5-8)13(18)17-10-1-2-11(16)12(6-10)22(19,20)21/h1-6H,(H,17,18)(H,19,20,21). The Hall–Kier alpha value is -1.67. The van der Waals surface area contributed by atoms with Gasteiger partial charge in [-0.1, -0.05) is 23.2 Å². The second-order valence-electron chi connectivity index (χ2n) is 4.23. The first-order valence-electron chi connectivity index (χ1n) is 5.71. The molecule has 0 unspecified atom stereocenters. The number of hydrogen-bond acceptors (Lipinski definition) is 3. The number of nitrogens with one attached hydrogen (secondary N) is 1. The lowest BCUT2D eigenvalue weighted by Gasteiger charge is -2.08. The van der Waals surface area contributed by atoms with E-state index < -0.39 is 26.7 Å². The van der Waals surface area contributed by atoms with Gasteiger partial charge in [-0.2, -0.15) is 8.42 Å². The van der Waals surface area contributed by atoms with Crippen LogP contribution in [-0.4, -0.2) is 18.9 Å². The predicted octanol–water partition coefficient (Wildman–Crippen LogP) is 3.63. The summed E-state index contributed by atoms with van der Waals surface area (Å²) < 4.78 is 44.3. The van der Waals surface area contributed by atoms with Crippen LogP contribution in [-0.2, 0) is 10.1 Å². The number of carbonyl (C=O) groups is 1. The molecule has 0 aromatic heterocycles. The normalized spacial score (nSPS) is 11.3. The van der Waals surface area contributed by atoms with E-state index in [0.29, 0.717) is 0 Å². The Kier molecular flexibility index (Phi) is 4.72. The van der Waals surface area contributed by atoms with Crippen molar-refractivity contribution in [3.8, 4) is 0 Å². The van der Waals surface area contributed by atoms with Crippen LogP contribution in [0.1, 0.15) is 10.4 Å². The zero-order valence-electron chi connectivity index (χ0n) is 10.7. The van der Waals surface area contributed by atoms with Gasteiger partial charge < -0.3 is 5.32 Å². The molecule has 0 bridgehead atoms. The van der Waals surface area contributed by atoms with Crippen LogP contribution in [0.3, 0.4) is 0 Å². The third-order valence-electron chi connectivity index (χ3n) is 2.59. The van der Waals surface area contributed by atoms with Gasteiger partial charge in [-0.3, -0.25) is 9.35 Å². The van der Waals surface area contributed by atoms with Gasteiger partial charge in [-0.05, 0) is 36.4 Å². The van der Waals surface area contributed by atoms with Gasteiger partial charge in [0.05, 0.1) is 0 Å². The minimum atomic E-state index is -4.74. The molecule has 22 heavy (non-hydrogen) atoms. The molecule has 0 heterocycles. The van der Waals surface area contributed by atoms with E-state index >= 15 is 0 Å². The highest BCUT2D eigenvalue weighted by Gasteiger charge is 2.17. The van der Waals surface area contributed by atoms with E-state index in [1.54, 1.807) is 0 Å². The van der Waals surface area contributed by atoms with E-state index in [9.17, 15) is 17.6 Å². The lowest BCUT2D eigenvalue weighted by atomic mass is 10.2. The van der Waals surface area contributed by atoms with Crippen molar-refractivity contribution in [1.29, 1.82) is 0 Å². The molecule has 0 aliphatic rings. The average Bonchev–Trinajstić information content (AvgIpc) is 2.38. The van der Waals surface area contributed by atoms with Crippen molar-refractivity contribution in [3.05, 3.63) is 57.8 Å². The zero-order valence-corrected chi connectivity index (χ0v) is 13.0. The van der Waals surface area contributed by atoms with Crippen LogP contribution in [0, 0.1) is 5.82 Å². The Bertz CT molecular complexity index is 835. The first-order valence-corrected chi connectivity index (χ1v) is 7.91. The van der Waals surface area contributed by atoms with Gasteiger partial charge in [0.25, 0.3) is 16.0 Å². The summed E-state index contributed by atoms with van der Waals surface area (Å²) in [6.45, 7) is 0. The van der Waals surface area contributed by atoms with Crippen LogP contribution in [0.4, 0.5) is 10.1 Å². The molecular weight excluding hydrogens is 356 g/mol. The maximum atomic E-state index is 13.3. The lowest BCUT2D eigenvalue weighted by Crippen LogP contribution is -2.13. The smallest absolute Gasteiger partial charge is 0.297 e. The van der Waals surface area contributed by atoms with Gasteiger partial charge >= 0.3 is 0 Å². The molecule has 5 nitrogen and oxygen atoms in total. The van der Waals surface area contributed by atoms with Crippen LogP contribution >= 0.6 is 23.2 Å². The number of amides is 1. The predicted molar refractivity (Wildman–Crippen MR) is 80.6 cm³/mol. The summed E-state index contributed by atoms with van der Waals surface area (Å²) in [5, 5.41) is 2.85. The van der Waals surface area contributed by atoms with Gasteiger partial charge in [0.2, 0.25) is 0 Å². The molecule has 2 aromatic rings.